The fourth-order valence-electron chi connectivity index (χ4n) is 5.16. The first-order valence-electron chi connectivity index (χ1n) is 10.5. The Labute approximate surface area is 166 Å². The van der Waals surface area contributed by atoms with Gasteiger partial charge in [0, 0.05) is 47.9 Å². The van der Waals surface area contributed by atoms with Gasteiger partial charge in [-0.05, 0) is 31.7 Å². The Kier molecular flexibility index (Phi) is 5.67. The highest BCUT2D eigenvalue weighted by atomic mass is 16.5. The second-order valence-electron chi connectivity index (χ2n) is 8.06. The highest BCUT2D eigenvalue weighted by Crippen LogP contribution is 2.35. The van der Waals surface area contributed by atoms with Gasteiger partial charge >= 0.3 is 6.09 Å². The van der Waals surface area contributed by atoms with Crippen LogP contribution in [0, 0.1) is 5.41 Å². The Hall–Kier alpha value is -2.34. The van der Waals surface area contributed by atoms with Crippen LogP contribution in [0.5, 0.6) is 0 Å². The van der Waals surface area contributed by atoms with Gasteiger partial charge in [0.25, 0.3) is 0 Å². The molecule has 2 fully saturated rings. The predicted octanol–water partition coefficient (Wildman–Crippen LogP) is 4.20. The maximum atomic E-state index is 11.2. The largest absolute Gasteiger partial charge is 0.443 e. The van der Waals surface area contributed by atoms with Crippen molar-refractivity contribution in [2.45, 2.75) is 63.6 Å². The van der Waals surface area contributed by atoms with Gasteiger partial charge in [0.05, 0.1) is 5.69 Å². The molecule has 6 heteroatoms. The van der Waals surface area contributed by atoms with E-state index in [9.17, 15) is 4.79 Å². The van der Waals surface area contributed by atoms with Gasteiger partial charge in [-0.1, -0.05) is 37.5 Å². The Morgan fingerprint density at radius 3 is 2.50 bits per heavy atom. The lowest BCUT2D eigenvalue weighted by atomic mass is 9.92. The monoisotopic (exact) mass is 382 g/mol. The average molecular weight is 383 g/mol. The van der Waals surface area contributed by atoms with E-state index in [4.69, 9.17) is 15.9 Å². The van der Waals surface area contributed by atoms with Crippen LogP contribution in [0.1, 0.15) is 62.2 Å². The molecule has 1 aliphatic carbocycles. The molecule has 1 amide bonds. The van der Waals surface area contributed by atoms with E-state index in [0.717, 1.165) is 54.1 Å². The van der Waals surface area contributed by atoms with Crippen molar-refractivity contribution < 1.29 is 9.53 Å². The lowest BCUT2D eigenvalue weighted by molar-refractivity contribution is 0.107. The smallest absolute Gasteiger partial charge is 0.404 e. The third-order valence-corrected chi connectivity index (χ3v) is 6.51. The molecule has 0 unspecified atom stereocenters. The average Bonchev–Trinajstić information content (AvgIpc) is 3.06. The molecular weight excluding hydrogens is 352 g/mol. The molecule has 1 aliphatic heterocycles. The number of primary amides is 1. The second kappa shape index (κ2) is 8.35. The topological polar surface area (TPSA) is 84.3 Å². The van der Waals surface area contributed by atoms with Gasteiger partial charge in [-0.15, -0.1) is 0 Å². The minimum absolute atomic E-state index is 0.109. The van der Waals surface area contributed by atoms with E-state index in [1.807, 2.05) is 18.2 Å². The summed E-state index contributed by atoms with van der Waals surface area (Å²) in [6, 6.07) is 9.27. The highest BCUT2D eigenvalue weighted by Gasteiger charge is 2.29. The number of hydrogen-bond acceptors (Lipinski definition) is 4. The molecule has 2 aliphatic rings. The van der Waals surface area contributed by atoms with Crippen molar-refractivity contribution in [2.24, 2.45) is 5.73 Å². The minimum atomic E-state index is -0.778. The lowest BCUT2D eigenvalue weighted by Gasteiger charge is -2.40. The van der Waals surface area contributed by atoms with Crippen LogP contribution in [0.15, 0.2) is 24.3 Å². The number of nitrogens with one attached hydrogen (secondary N) is 1. The van der Waals surface area contributed by atoms with Crippen molar-refractivity contribution in [1.29, 1.82) is 5.41 Å². The van der Waals surface area contributed by atoms with Crippen LogP contribution in [0.25, 0.3) is 10.9 Å². The molecule has 0 radical (unpaired) electrons. The number of aromatic nitrogens is 1. The molecule has 0 spiro atoms. The summed E-state index contributed by atoms with van der Waals surface area (Å²) in [5.74, 6) is 0. The molecule has 1 aromatic carbocycles. The summed E-state index contributed by atoms with van der Waals surface area (Å²) in [7, 11) is 0. The standard InChI is InChI=1S/C22H30N4O2/c23-14-19-18-8-4-5-9-20(18)26(21(19)15-28-22(24)27)17-10-12-25(13-11-17)16-6-2-1-3-7-16/h4-5,8-9,14,16-17,23H,1-3,6-7,10-13,15H2,(H2,24,27). The maximum absolute atomic E-state index is 11.2. The summed E-state index contributed by atoms with van der Waals surface area (Å²) in [5, 5.41) is 8.96. The van der Waals surface area contributed by atoms with Gasteiger partial charge in [-0.3, -0.25) is 0 Å². The molecule has 2 aromatic rings. The Morgan fingerprint density at radius 2 is 1.82 bits per heavy atom. The first-order valence-corrected chi connectivity index (χ1v) is 10.5. The third kappa shape index (κ3) is 3.65. The van der Waals surface area contributed by atoms with Crippen molar-refractivity contribution in [2.75, 3.05) is 13.1 Å². The van der Waals surface area contributed by atoms with Gasteiger partial charge in [0.15, 0.2) is 0 Å². The van der Waals surface area contributed by atoms with Crippen molar-refractivity contribution >= 4 is 23.2 Å². The van der Waals surface area contributed by atoms with E-state index in [2.05, 4.69) is 15.5 Å². The zero-order valence-electron chi connectivity index (χ0n) is 16.4. The summed E-state index contributed by atoms with van der Waals surface area (Å²) in [6.07, 6.45) is 9.55. The highest BCUT2D eigenvalue weighted by molar-refractivity contribution is 6.00. The zero-order chi connectivity index (χ0) is 19.5. The number of ether oxygens (including phenoxy) is 1. The summed E-state index contributed by atoms with van der Waals surface area (Å²) in [6.45, 7) is 2.33. The summed E-state index contributed by atoms with van der Waals surface area (Å²) in [5.41, 5.74) is 8.04. The predicted molar refractivity (Wildman–Crippen MR) is 111 cm³/mol. The van der Waals surface area contributed by atoms with Crippen LogP contribution in [-0.4, -0.2) is 40.9 Å². The molecule has 3 N–H and O–H groups in total. The lowest BCUT2D eigenvalue weighted by Crippen LogP contribution is -2.42. The number of carbonyl (C=O) groups excluding carboxylic acids is 1. The summed E-state index contributed by atoms with van der Waals surface area (Å²) < 4.78 is 7.45. The number of likely N-dealkylation sites (tertiary alicyclic amines) is 1. The van der Waals surface area contributed by atoms with Gasteiger partial charge in [-0.25, -0.2) is 4.79 Å². The molecule has 0 atom stereocenters. The summed E-state index contributed by atoms with van der Waals surface area (Å²) in [4.78, 5) is 13.9. The molecule has 4 rings (SSSR count). The number of para-hydroxylation sites is 1. The number of piperidine rings is 1. The fraction of sp³-hybridized carbons (Fsp3) is 0.545. The van der Waals surface area contributed by atoms with Crippen molar-refractivity contribution in [3.63, 3.8) is 0 Å². The van der Waals surface area contributed by atoms with E-state index in [1.54, 1.807) is 0 Å². The third-order valence-electron chi connectivity index (χ3n) is 6.51. The number of hydrogen-bond donors (Lipinski definition) is 2. The van der Waals surface area contributed by atoms with Crippen LogP contribution in [0.3, 0.4) is 0 Å². The zero-order valence-corrected chi connectivity index (χ0v) is 16.4. The van der Waals surface area contributed by atoms with Gasteiger partial charge < -0.3 is 25.3 Å². The quantitative estimate of drug-likeness (QED) is 0.760. The second-order valence-corrected chi connectivity index (χ2v) is 8.06. The number of nitrogens with two attached hydrogens (primary N) is 1. The molecule has 0 bridgehead atoms. The van der Waals surface area contributed by atoms with Crippen LogP contribution in [-0.2, 0) is 11.3 Å². The van der Waals surface area contributed by atoms with E-state index in [-0.39, 0.29) is 6.61 Å². The molecule has 6 nitrogen and oxygen atoms in total. The number of benzene rings is 1. The number of fused-ring (bicyclic) bond motifs is 1. The number of rotatable bonds is 5. The van der Waals surface area contributed by atoms with E-state index in [1.165, 1.54) is 38.3 Å². The molecule has 28 heavy (non-hydrogen) atoms. The molecule has 150 valence electrons. The van der Waals surface area contributed by atoms with Gasteiger partial charge in [0.1, 0.15) is 6.61 Å². The molecule has 1 saturated heterocycles. The van der Waals surface area contributed by atoms with Crippen LogP contribution in [0.4, 0.5) is 4.79 Å². The van der Waals surface area contributed by atoms with Crippen molar-refractivity contribution in [1.82, 2.24) is 9.47 Å². The fourth-order valence-corrected chi connectivity index (χ4v) is 5.16. The molecular formula is C22H30N4O2. The first kappa shape index (κ1) is 19.0. The minimum Gasteiger partial charge on any atom is -0.443 e. The van der Waals surface area contributed by atoms with Gasteiger partial charge in [0.2, 0.25) is 0 Å². The van der Waals surface area contributed by atoms with Crippen molar-refractivity contribution in [3.8, 4) is 0 Å². The number of nitrogens with zero attached hydrogens (tertiary/aromatic N) is 2. The molecule has 1 aromatic heterocycles. The first-order chi connectivity index (χ1) is 13.7. The van der Waals surface area contributed by atoms with E-state index < -0.39 is 6.09 Å². The van der Waals surface area contributed by atoms with E-state index in [0.29, 0.717) is 6.04 Å². The molecule has 1 saturated carbocycles. The maximum Gasteiger partial charge on any atom is 0.404 e. The summed E-state index contributed by atoms with van der Waals surface area (Å²) >= 11 is 0. The normalized spacial score (nSPS) is 19.7. The number of amides is 1. The van der Waals surface area contributed by atoms with Crippen LogP contribution >= 0.6 is 0 Å². The Balaban J connectivity index is 1.61. The molecule has 2 heterocycles. The SMILES string of the molecule is N=Cc1c(COC(N)=O)n(C2CCN(C3CCCCC3)CC2)c2ccccc12. The van der Waals surface area contributed by atoms with E-state index >= 15 is 0 Å². The van der Waals surface area contributed by atoms with Gasteiger partial charge in [-0.2, -0.15) is 0 Å². The van der Waals surface area contributed by atoms with Crippen molar-refractivity contribution in [3.05, 3.63) is 35.5 Å². The van der Waals surface area contributed by atoms with Crippen LogP contribution < -0.4 is 5.73 Å². The Bertz CT molecular complexity index is 846. The number of carbonyl (C=O) groups is 1. The Morgan fingerprint density at radius 1 is 1.11 bits per heavy atom. The van der Waals surface area contributed by atoms with Crippen LogP contribution in [0.2, 0.25) is 0 Å².